The average molecular weight is 198 g/mol. The molecule has 0 amide bonds. The van der Waals surface area contributed by atoms with Crippen LogP contribution in [0.2, 0.25) is 0 Å². The molecule has 0 spiro atoms. The van der Waals surface area contributed by atoms with Gasteiger partial charge in [0.1, 0.15) is 20.6 Å². The molecule has 0 heterocycles. The highest BCUT2D eigenvalue weighted by molar-refractivity contribution is 4.90. The lowest BCUT2D eigenvalue weighted by Crippen LogP contribution is -2.37. The minimum Gasteiger partial charge on any atom is -0.262 e. The molecule has 0 unspecified atom stereocenters. The summed E-state index contributed by atoms with van der Waals surface area (Å²) in [5.74, 6) is 3.05. The van der Waals surface area contributed by atoms with Crippen molar-refractivity contribution in [3.05, 3.63) is 0 Å². The van der Waals surface area contributed by atoms with Crippen LogP contribution < -0.4 is 0 Å². The highest BCUT2D eigenvalue weighted by Gasteiger charge is 2.10. The molecule has 0 saturated heterocycles. The van der Waals surface area contributed by atoms with Crippen molar-refractivity contribution in [2.24, 2.45) is 0 Å². The maximum absolute atomic E-state index is 5.36. The SMILES string of the molecule is CCCCCCC#CO[N+](C)(C)CC. The van der Waals surface area contributed by atoms with Crippen molar-refractivity contribution in [2.75, 3.05) is 20.6 Å². The summed E-state index contributed by atoms with van der Waals surface area (Å²) in [5, 5.41) is 0. The zero-order valence-corrected chi connectivity index (χ0v) is 10.1. The summed E-state index contributed by atoms with van der Waals surface area (Å²) in [5.41, 5.74) is 0. The van der Waals surface area contributed by atoms with Crippen molar-refractivity contribution in [3.8, 4) is 12.0 Å². The first-order valence-corrected chi connectivity index (χ1v) is 5.62. The molecule has 0 bridgehead atoms. The predicted molar refractivity (Wildman–Crippen MR) is 60.3 cm³/mol. The summed E-state index contributed by atoms with van der Waals surface area (Å²) >= 11 is 0. The van der Waals surface area contributed by atoms with Gasteiger partial charge in [0.2, 0.25) is 0 Å². The van der Waals surface area contributed by atoms with Crippen molar-refractivity contribution in [1.29, 1.82) is 0 Å². The molecule has 0 aliphatic heterocycles. The van der Waals surface area contributed by atoms with Gasteiger partial charge in [-0.3, -0.25) is 4.84 Å². The zero-order valence-electron chi connectivity index (χ0n) is 10.1. The molecule has 0 aromatic rings. The van der Waals surface area contributed by atoms with Gasteiger partial charge in [0.05, 0.1) is 0 Å². The number of nitrogens with zero attached hydrogens (tertiary/aromatic N) is 1. The van der Waals surface area contributed by atoms with E-state index in [4.69, 9.17) is 4.84 Å². The lowest BCUT2D eigenvalue weighted by molar-refractivity contribution is -1.06. The minimum absolute atomic E-state index is 0.516. The third-order valence-corrected chi connectivity index (χ3v) is 2.28. The molecule has 14 heavy (non-hydrogen) atoms. The van der Waals surface area contributed by atoms with Crippen molar-refractivity contribution in [2.45, 2.75) is 46.0 Å². The first-order chi connectivity index (χ1) is 6.62. The first kappa shape index (κ1) is 13.3. The molecule has 2 heteroatoms. The number of hydrogen-bond donors (Lipinski definition) is 0. The second kappa shape index (κ2) is 7.70. The number of quaternary nitrogens is 1. The van der Waals surface area contributed by atoms with E-state index in [1.165, 1.54) is 25.7 Å². The zero-order chi connectivity index (χ0) is 10.9. The van der Waals surface area contributed by atoms with Crippen LogP contribution in [-0.2, 0) is 4.84 Å². The molecule has 0 rings (SSSR count). The van der Waals surface area contributed by atoms with Crippen LogP contribution in [0.1, 0.15) is 46.0 Å². The molecule has 0 fully saturated rings. The monoisotopic (exact) mass is 198 g/mol. The van der Waals surface area contributed by atoms with Crippen LogP contribution in [0.15, 0.2) is 0 Å². The minimum atomic E-state index is 0.516. The predicted octanol–water partition coefficient (Wildman–Crippen LogP) is 2.95. The Kier molecular flexibility index (Phi) is 7.32. The third kappa shape index (κ3) is 7.94. The van der Waals surface area contributed by atoms with Gasteiger partial charge in [-0.1, -0.05) is 32.1 Å². The van der Waals surface area contributed by atoms with Crippen LogP contribution in [0.3, 0.4) is 0 Å². The van der Waals surface area contributed by atoms with Gasteiger partial charge in [0, 0.05) is 6.42 Å². The van der Waals surface area contributed by atoms with E-state index in [-0.39, 0.29) is 0 Å². The quantitative estimate of drug-likeness (QED) is 0.276. The van der Waals surface area contributed by atoms with Crippen LogP contribution in [0.5, 0.6) is 0 Å². The normalized spacial score (nSPS) is 10.6. The van der Waals surface area contributed by atoms with Gasteiger partial charge in [0.25, 0.3) is 0 Å². The molecule has 0 aromatic carbocycles. The highest BCUT2D eigenvalue weighted by atomic mass is 16.7. The van der Waals surface area contributed by atoms with Gasteiger partial charge in [-0.2, -0.15) is 0 Å². The van der Waals surface area contributed by atoms with E-state index in [9.17, 15) is 0 Å². The van der Waals surface area contributed by atoms with Crippen molar-refractivity contribution in [3.63, 3.8) is 0 Å². The average Bonchev–Trinajstić information content (AvgIpc) is 2.16. The van der Waals surface area contributed by atoms with Crippen LogP contribution in [0, 0.1) is 12.0 Å². The van der Waals surface area contributed by atoms with Gasteiger partial charge >= 0.3 is 0 Å². The van der Waals surface area contributed by atoms with Gasteiger partial charge in [-0.05, 0) is 13.3 Å². The van der Waals surface area contributed by atoms with Crippen LogP contribution in [0.4, 0.5) is 0 Å². The van der Waals surface area contributed by atoms with Crippen molar-refractivity contribution in [1.82, 2.24) is 0 Å². The fraction of sp³-hybridized carbons (Fsp3) is 0.833. The summed E-state index contributed by atoms with van der Waals surface area (Å²) in [6.07, 6.45) is 8.82. The fourth-order valence-corrected chi connectivity index (χ4v) is 0.912. The Labute approximate surface area is 88.8 Å². The standard InChI is InChI=1S/C12H24NO/c1-5-7-8-9-10-11-12-14-13(3,4)6-2/h5-10H2,1-4H3/q+1. The van der Waals surface area contributed by atoms with E-state index in [1.54, 1.807) is 0 Å². The Morgan fingerprint density at radius 3 is 2.36 bits per heavy atom. The molecule has 0 aliphatic rings. The molecule has 0 aliphatic carbocycles. The van der Waals surface area contributed by atoms with E-state index in [2.05, 4.69) is 25.9 Å². The Hall–Kier alpha value is -0.680. The summed E-state index contributed by atoms with van der Waals surface area (Å²) in [4.78, 5) is 5.36. The van der Waals surface area contributed by atoms with Gasteiger partial charge < -0.3 is 0 Å². The van der Waals surface area contributed by atoms with Gasteiger partial charge in [0.15, 0.2) is 6.11 Å². The van der Waals surface area contributed by atoms with Crippen LogP contribution in [-0.4, -0.2) is 25.3 Å². The van der Waals surface area contributed by atoms with Crippen LogP contribution >= 0.6 is 0 Å². The molecule has 0 atom stereocenters. The molecule has 0 saturated carbocycles. The van der Waals surface area contributed by atoms with Gasteiger partial charge in [-0.15, -0.1) is 4.65 Å². The Morgan fingerprint density at radius 1 is 1.07 bits per heavy atom. The number of unbranched alkanes of at least 4 members (excludes halogenated alkanes) is 4. The molecular weight excluding hydrogens is 174 g/mol. The lowest BCUT2D eigenvalue weighted by atomic mass is 10.2. The third-order valence-electron chi connectivity index (χ3n) is 2.28. The number of rotatable bonds is 6. The number of hydrogen-bond acceptors (Lipinski definition) is 1. The summed E-state index contributed by atoms with van der Waals surface area (Å²) in [7, 11) is 4.01. The Bertz CT molecular complexity index is 188. The van der Waals surface area contributed by atoms with E-state index in [0.29, 0.717) is 4.65 Å². The lowest BCUT2D eigenvalue weighted by Gasteiger charge is -2.20. The smallest absolute Gasteiger partial charge is 0.184 e. The molecule has 0 radical (unpaired) electrons. The maximum Gasteiger partial charge on any atom is 0.184 e. The highest BCUT2D eigenvalue weighted by Crippen LogP contribution is 2.01. The van der Waals surface area contributed by atoms with E-state index in [1.807, 2.05) is 14.1 Å². The van der Waals surface area contributed by atoms with Crippen LogP contribution in [0.25, 0.3) is 0 Å². The van der Waals surface area contributed by atoms with E-state index >= 15 is 0 Å². The molecule has 0 aromatic heterocycles. The molecule has 82 valence electrons. The Morgan fingerprint density at radius 2 is 1.79 bits per heavy atom. The van der Waals surface area contributed by atoms with Crippen molar-refractivity contribution >= 4 is 0 Å². The molecule has 2 nitrogen and oxygen atoms in total. The fourth-order valence-electron chi connectivity index (χ4n) is 0.912. The maximum atomic E-state index is 5.36. The Balaban J connectivity index is 3.44. The molecular formula is C12H24NO+. The number of hydroxylamine groups is 3. The first-order valence-electron chi connectivity index (χ1n) is 5.62. The van der Waals surface area contributed by atoms with E-state index < -0.39 is 0 Å². The summed E-state index contributed by atoms with van der Waals surface area (Å²) in [6, 6.07) is 0. The largest absolute Gasteiger partial charge is 0.262 e. The second-order valence-electron chi connectivity index (χ2n) is 4.07. The summed E-state index contributed by atoms with van der Waals surface area (Å²) in [6.45, 7) is 5.24. The van der Waals surface area contributed by atoms with Crippen molar-refractivity contribution < 1.29 is 9.48 Å². The second-order valence-corrected chi connectivity index (χ2v) is 4.07. The topological polar surface area (TPSA) is 9.23 Å². The molecule has 0 N–H and O–H groups in total. The van der Waals surface area contributed by atoms with E-state index in [0.717, 1.165) is 13.0 Å². The summed E-state index contributed by atoms with van der Waals surface area (Å²) < 4.78 is 0.516. The van der Waals surface area contributed by atoms with Gasteiger partial charge in [-0.25, -0.2) is 0 Å².